The maximum absolute atomic E-state index is 12.7. The van der Waals surface area contributed by atoms with Crippen LogP contribution in [0.4, 0.5) is 11.4 Å². The van der Waals surface area contributed by atoms with E-state index in [0.717, 1.165) is 23.2 Å². The molecule has 146 valence electrons. The summed E-state index contributed by atoms with van der Waals surface area (Å²) in [6.45, 7) is 4.52. The highest BCUT2D eigenvalue weighted by molar-refractivity contribution is 6.05. The minimum atomic E-state index is -0.194. The standard InChI is InChI=1S/C22H25N3O3/c1-4-21(27)25-11-10-17-13-18(8-9-20(17)25)22(28)23-19-7-5-6-16(12-19)14-24(3)15(2)26/h5-9,12-13H,4,10-11,14H2,1-3H3,(H,23,28). The fourth-order valence-corrected chi connectivity index (χ4v) is 3.33. The number of rotatable bonds is 5. The summed E-state index contributed by atoms with van der Waals surface area (Å²) < 4.78 is 0. The summed E-state index contributed by atoms with van der Waals surface area (Å²) in [7, 11) is 1.74. The van der Waals surface area contributed by atoms with E-state index in [1.807, 2.05) is 43.3 Å². The third kappa shape index (κ3) is 4.22. The molecule has 2 aromatic rings. The van der Waals surface area contributed by atoms with Gasteiger partial charge in [0.05, 0.1) is 0 Å². The van der Waals surface area contributed by atoms with E-state index in [1.165, 1.54) is 6.92 Å². The van der Waals surface area contributed by atoms with Crippen molar-refractivity contribution in [3.05, 3.63) is 59.2 Å². The average molecular weight is 379 g/mol. The second kappa shape index (κ2) is 8.25. The van der Waals surface area contributed by atoms with Crippen molar-refractivity contribution in [2.24, 2.45) is 0 Å². The molecule has 0 aliphatic carbocycles. The van der Waals surface area contributed by atoms with Crippen molar-refractivity contribution >= 4 is 29.1 Å². The molecule has 28 heavy (non-hydrogen) atoms. The van der Waals surface area contributed by atoms with Gasteiger partial charge in [-0.15, -0.1) is 0 Å². The summed E-state index contributed by atoms with van der Waals surface area (Å²) in [6.07, 6.45) is 1.23. The van der Waals surface area contributed by atoms with Gasteiger partial charge in [0, 0.05) is 50.4 Å². The second-order valence-electron chi connectivity index (χ2n) is 7.02. The van der Waals surface area contributed by atoms with E-state index in [1.54, 1.807) is 22.9 Å². The number of hydrogen-bond donors (Lipinski definition) is 1. The molecule has 6 nitrogen and oxygen atoms in total. The fourth-order valence-electron chi connectivity index (χ4n) is 3.33. The molecule has 3 rings (SSSR count). The van der Waals surface area contributed by atoms with E-state index in [2.05, 4.69) is 5.32 Å². The minimum absolute atomic E-state index is 0.0109. The normalized spacial score (nSPS) is 12.5. The summed E-state index contributed by atoms with van der Waals surface area (Å²) >= 11 is 0. The average Bonchev–Trinajstić information content (AvgIpc) is 3.10. The molecule has 1 N–H and O–H groups in total. The molecule has 0 fully saturated rings. The van der Waals surface area contributed by atoms with E-state index in [0.29, 0.717) is 30.8 Å². The quantitative estimate of drug-likeness (QED) is 0.867. The lowest BCUT2D eigenvalue weighted by Crippen LogP contribution is -2.27. The number of fused-ring (bicyclic) bond motifs is 1. The molecule has 0 radical (unpaired) electrons. The van der Waals surface area contributed by atoms with Crippen molar-refractivity contribution in [3.63, 3.8) is 0 Å². The van der Waals surface area contributed by atoms with Crippen LogP contribution in [-0.2, 0) is 22.6 Å². The highest BCUT2D eigenvalue weighted by Gasteiger charge is 2.24. The van der Waals surface area contributed by atoms with Gasteiger partial charge in [-0.05, 0) is 47.9 Å². The van der Waals surface area contributed by atoms with Crippen molar-refractivity contribution in [1.82, 2.24) is 4.90 Å². The van der Waals surface area contributed by atoms with Crippen LogP contribution in [0.25, 0.3) is 0 Å². The zero-order valence-electron chi connectivity index (χ0n) is 16.5. The third-order valence-electron chi connectivity index (χ3n) is 4.98. The summed E-state index contributed by atoms with van der Waals surface area (Å²) in [6, 6.07) is 12.9. The number of nitrogens with zero attached hydrogens (tertiary/aromatic N) is 2. The molecule has 6 heteroatoms. The zero-order chi connectivity index (χ0) is 20.3. The monoisotopic (exact) mass is 379 g/mol. The molecule has 2 aromatic carbocycles. The van der Waals surface area contributed by atoms with Crippen molar-refractivity contribution in [2.75, 3.05) is 23.8 Å². The van der Waals surface area contributed by atoms with Crippen LogP contribution in [0.1, 0.15) is 41.8 Å². The molecule has 1 aliphatic heterocycles. The number of amides is 3. The number of benzene rings is 2. The Morgan fingerprint density at radius 3 is 2.64 bits per heavy atom. The lowest BCUT2D eigenvalue weighted by molar-refractivity contribution is -0.128. The van der Waals surface area contributed by atoms with Gasteiger partial charge in [-0.3, -0.25) is 14.4 Å². The molecule has 0 aromatic heterocycles. The first kappa shape index (κ1) is 19.6. The summed E-state index contributed by atoms with van der Waals surface area (Å²) in [5.41, 5.74) is 4.11. The molecular formula is C22H25N3O3. The second-order valence-corrected chi connectivity index (χ2v) is 7.02. The smallest absolute Gasteiger partial charge is 0.255 e. The Morgan fingerprint density at radius 1 is 1.14 bits per heavy atom. The predicted molar refractivity (Wildman–Crippen MR) is 109 cm³/mol. The van der Waals surface area contributed by atoms with Gasteiger partial charge in [0.25, 0.3) is 5.91 Å². The summed E-state index contributed by atoms with van der Waals surface area (Å²) in [5.74, 6) is -0.105. The van der Waals surface area contributed by atoms with Crippen LogP contribution < -0.4 is 10.2 Å². The van der Waals surface area contributed by atoms with E-state index in [-0.39, 0.29) is 17.7 Å². The molecule has 0 unspecified atom stereocenters. The minimum Gasteiger partial charge on any atom is -0.342 e. The molecule has 0 saturated carbocycles. The maximum atomic E-state index is 12.7. The van der Waals surface area contributed by atoms with Crippen LogP contribution in [0.2, 0.25) is 0 Å². The maximum Gasteiger partial charge on any atom is 0.255 e. The van der Waals surface area contributed by atoms with Gasteiger partial charge < -0.3 is 15.1 Å². The van der Waals surface area contributed by atoms with Crippen LogP contribution in [-0.4, -0.2) is 36.2 Å². The van der Waals surface area contributed by atoms with Crippen LogP contribution in [0, 0.1) is 0 Å². The van der Waals surface area contributed by atoms with Crippen molar-refractivity contribution in [1.29, 1.82) is 0 Å². The van der Waals surface area contributed by atoms with E-state index >= 15 is 0 Å². The molecule has 0 saturated heterocycles. The Bertz CT molecular complexity index is 923. The van der Waals surface area contributed by atoms with Gasteiger partial charge >= 0.3 is 0 Å². The van der Waals surface area contributed by atoms with Crippen molar-refractivity contribution in [2.45, 2.75) is 33.2 Å². The summed E-state index contributed by atoms with van der Waals surface area (Å²) in [5, 5.41) is 2.91. The molecular weight excluding hydrogens is 354 g/mol. The van der Waals surface area contributed by atoms with Crippen LogP contribution in [0.15, 0.2) is 42.5 Å². The van der Waals surface area contributed by atoms with Crippen LogP contribution in [0.5, 0.6) is 0 Å². The molecule has 1 aliphatic rings. The lowest BCUT2D eigenvalue weighted by atomic mass is 10.1. The Morgan fingerprint density at radius 2 is 1.93 bits per heavy atom. The first-order valence-corrected chi connectivity index (χ1v) is 9.44. The van der Waals surface area contributed by atoms with Crippen LogP contribution >= 0.6 is 0 Å². The van der Waals surface area contributed by atoms with E-state index in [4.69, 9.17) is 0 Å². The zero-order valence-corrected chi connectivity index (χ0v) is 16.5. The molecule has 3 amide bonds. The van der Waals surface area contributed by atoms with Gasteiger partial charge in [0.2, 0.25) is 11.8 Å². The van der Waals surface area contributed by atoms with Crippen LogP contribution in [0.3, 0.4) is 0 Å². The molecule has 0 spiro atoms. The fraction of sp³-hybridized carbons (Fsp3) is 0.318. The first-order chi connectivity index (χ1) is 13.4. The van der Waals surface area contributed by atoms with Gasteiger partial charge in [0.15, 0.2) is 0 Å². The Labute approximate surface area is 165 Å². The van der Waals surface area contributed by atoms with Gasteiger partial charge in [-0.1, -0.05) is 19.1 Å². The van der Waals surface area contributed by atoms with Crippen molar-refractivity contribution in [3.8, 4) is 0 Å². The van der Waals surface area contributed by atoms with Crippen molar-refractivity contribution < 1.29 is 14.4 Å². The molecule has 1 heterocycles. The number of hydrogen-bond acceptors (Lipinski definition) is 3. The largest absolute Gasteiger partial charge is 0.342 e. The van der Waals surface area contributed by atoms with E-state index in [9.17, 15) is 14.4 Å². The Balaban J connectivity index is 1.72. The highest BCUT2D eigenvalue weighted by atomic mass is 16.2. The van der Waals surface area contributed by atoms with Gasteiger partial charge in [-0.2, -0.15) is 0 Å². The Kier molecular flexibility index (Phi) is 5.78. The SMILES string of the molecule is CCC(=O)N1CCc2cc(C(=O)Nc3cccc(CN(C)C(C)=O)c3)ccc21. The lowest BCUT2D eigenvalue weighted by Gasteiger charge is -2.17. The van der Waals surface area contributed by atoms with Gasteiger partial charge in [-0.25, -0.2) is 0 Å². The van der Waals surface area contributed by atoms with Gasteiger partial charge in [0.1, 0.15) is 0 Å². The molecule has 0 bridgehead atoms. The predicted octanol–water partition coefficient (Wildman–Crippen LogP) is 3.22. The third-order valence-corrected chi connectivity index (χ3v) is 4.98. The highest BCUT2D eigenvalue weighted by Crippen LogP contribution is 2.29. The number of carbonyl (C=O) groups is 3. The Hall–Kier alpha value is -3.15. The topological polar surface area (TPSA) is 69.7 Å². The first-order valence-electron chi connectivity index (χ1n) is 9.44. The number of anilines is 2. The van der Waals surface area contributed by atoms with E-state index < -0.39 is 0 Å². The summed E-state index contributed by atoms with van der Waals surface area (Å²) in [4.78, 5) is 39.5. The number of nitrogens with one attached hydrogen (secondary N) is 1. The molecule has 0 atom stereocenters. The number of carbonyl (C=O) groups excluding carboxylic acids is 3.